The Hall–Kier alpha value is -3.42. The first-order valence-corrected chi connectivity index (χ1v) is 8.10. The van der Waals surface area contributed by atoms with Gasteiger partial charge in [-0.1, -0.05) is 6.07 Å². The van der Waals surface area contributed by atoms with Gasteiger partial charge in [-0.2, -0.15) is 0 Å². The zero-order valence-electron chi connectivity index (χ0n) is 13.7. The number of hydrogen-bond acceptors (Lipinski definition) is 3. The molecule has 0 bridgehead atoms. The van der Waals surface area contributed by atoms with E-state index in [0.717, 1.165) is 22.2 Å². The van der Waals surface area contributed by atoms with Crippen LogP contribution in [0.15, 0.2) is 42.5 Å². The highest BCUT2D eigenvalue weighted by molar-refractivity contribution is 5.91. The maximum Gasteiger partial charge on any atom is 0.322 e. The van der Waals surface area contributed by atoms with E-state index in [1.54, 1.807) is 17.0 Å². The van der Waals surface area contributed by atoms with Crippen molar-refractivity contribution in [1.29, 1.82) is 0 Å². The minimum atomic E-state index is -0.511. The van der Waals surface area contributed by atoms with Gasteiger partial charge < -0.3 is 15.2 Å². The summed E-state index contributed by atoms with van der Waals surface area (Å²) >= 11 is 0. The highest BCUT2D eigenvalue weighted by Crippen LogP contribution is 2.28. The van der Waals surface area contributed by atoms with Gasteiger partial charge in [-0.05, 0) is 24.3 Å². The molecule has 132 valence electrons. The molecular formula is C18H15FN4O3. The Bertz CT molecular complexity index is 1030. The third-order valence-electron chi connectivity index (χ3n) is 4.53. The van der Waals surface area contributed by atoms with Crippen LogP contribution in [0.3, 0.4) is 0 Å². The first-order valence-electron chi connectivity index (χ1n) is 8.10. The normalized spacial score (nSPS) is 13.5. The molecule has 3 aromatic rings. The second-order valence-electron chi connectivity index (χ2n) is 6.18. The van der Waals surface area contributed by atoms with Crippen LogP contribution in [0.1, 0.15) is 11.3 Å². The number of hydrogen-bond donors (Lipinski definition) is 2. The zero-order chi connectivity index (χ0) is 18.3. The summed E-state index contributed by atoms with van der Waals surface area (Å²) in [6.07, 6.45) is 0.633. The van der Waals surface area contributed by atoms with Crippen LogP contribution in [0.2, 0.25) is 0 Å². The number of benzene rings is 2. The van der Waals surface area contributed by atoms with Crippen LogP contribution in [0.5, 0.6) is 0 Å². The number of halogens is 1. The van der Waals surface area contributed by atoms with Gasteiger partial charge in [0.25, 0.3) is 5.69 Å². The number of H-pyrrole nitrogens is 1. The van der Waals surface area contributed by atoms with Gasteiger partial charge in [0.15, 0.2) is 0 Å². The van der Waals surface area contributed by atoms with Crippen LogP contribution in [0.4, 0.5) is 20.6 Å². The number of nitro groups is 1. The minimum Gasteiger partial charge on any atom is -0.358 e. The molecule has 0 spiro atoms. The molecule has 2 N–H and O–H groups in total. The van der Waals surface area contributed by atoms with E-state index < -0.39 is 4.92 Å². The Kier molecular flexibility index (Phi) is 3.80. The number of carbonyl (C=O) groups is 1. The van der Waals surface area contributed by atoms with Gasteiger partial charge in [0, 0.05) is 59.5 Å². The van der Waals surface area contributed by atoms with E-state index >= 15 is 0 Å². The monoisotopic (exact) mass is 354 g/mol. The topological polar surface area (TPSA) is 91.3 Å². The summed E-state index contributed by atoms with van der Waals surface area (Å²) in [5.74, 6) is -0.322. The number of nitro benzene ring substituents is 1. The molecule has 0 saturated heterocycles. The van der Waals surface area contributed by atoms with Crippen molar-refractivity contribution < 1.29 is 14.1 Å². The molecule has 2 amide bonds. The molecule has 0 atom stereocenters. The number of rotatable bonds is 2. The summed E-state index contributed by atoms with van der Waals surface area (Å²) in [4.78, 5) is 27.8. The lowest BCUT2D eigenvalue weighted by atomic mass is 10.0. The van der Waals surface area contributed by atoms with Crippen molar-refractivity contribution in [1.82, 2.24) is 9.88 Å². The zero-order valence-corrected chi connectivity index (χ0v) is 13.7. The molecule has 7 nitrogen and oxygen atoms in total. The number of non-ortho nitro benzene ring substituents is 1. The van der Waals surface area contributed by atoms with E-state index in [2.05, 4.69) is 10.3 Å². The lowest BCUT2D eigenvalue weighted by molar-refractivity contribution is -0.384. The van der Waals surface area contributed by atoms with Crippen LogP contribution in [0.25, 0.3) is 10.9 Å². The van der Waals surface area contributed by atoms with Gasteiger partial charge in [-0.15, -0.1) is 0 Å². The fourth-order valence-electron chi connectivity index (χ4n) is 3.26. The maximum absolute atomic E-state index is 13.6. The Morgan fingerprint density at radius 2 is 2.12 bits per heavy atom. The molecule has 8 heteroatoms. The molecule has 0 unspecified atom stereocenters. The number of aromatic nitrogens is 1. The number of urea groups is 1. The lowest BCUT2D eigenvalue weighted by Gasteiger charge is -2.27. The Morgan fingerprint density at radius 3 is 2.92 bits per heavy atom. The molecule has 0 fully saturated rings. The molecule has 0 radical (unpaired) electrons. The predicted octanol–water partition coefficient (Wildman–Crippen LogP) is 3.81. The van der Waals surface area contributed by atoms with Gasteiger partial charge >= 0.3 is 6.03 Å². The molecule has 0 saturated carbocycles. The maximum atomic E-state index is 13.6. The summed E-state index contributed by atoms with van der Waals surface area (Å²) in [7, 11) is 0. The minimum absolute atomic E-state index is 0.0872. The van der Waals surface area contributed by atoms with E-state index in [4.69, 9.17) is 0 Å². The van der Waals surface area contributed by atoms with Crippen molar-refractivity contribution in [3.05, 3.63) is 69.7 Å². The number of nitrogens with one attached hydrogen (secondary N) is 2. The summed E-state index contributed by atoms with van der Waals surface area (Å²) in [6.45, 7) is 0.850. The quantitative estimate of drug-likeness (QED) is 0.541. The van der Waals surface area contributed by atoms with Crippen LogP contribution in [-0.2, 0) is 13.0 Å². The van der Waals surface area contributed by atoms with Gasteiger partial charge in [0.2, 0.25) is 0 Å². The van der Waals surface area contributed by atoms with Crippen LogP contribution < -0.4 is 5.32 Å². The van der Waals surface area contributed by atoms with E-state index in [-0.39, 0.29) is 17.5 Å². The molecule has 4 rings (SSSR count). The van der Waals surface area contributed by atoms with Crippen molar-refractivity contribution in [3.8, 4) is 0 Å². The number of nitrogens with zero attached hydrogens (tertiary/aromatic N) is 2. The van der Waals surface area contributed by atoms with Crippen molar-refractivity contribution in [2.75, 3.05) is 11.9 Å². The largest absolute Gasteiger partial charge is 0.358 e. The summed E-state index contributed by atoms with van der Waals surface area (Å²) in [6, 6.07) is 10.0. The van der Waals surface area contributed by atoms with Crippen molar-refractivity contribution in [2.45, 2.75) is 13.0 Å². The van der Waals surface area contributed by atoms with E-state index in [0.29, 0.717) is 25.2 Å². The number of aromatic amines is 1. The number of anilines is 1. The van der Waals surface area contributed by atoms with Crippen molar-refractivity contribution >= 4 is 28.3 Å². The Morgan fingerprint density at radius 1 is 1.27 bits per heavy atom. The summed E-state index contributed by atoms with van der Waals surface area (Å²) in [5.41, 5.74) is 3.03. The summed E-state index contributed by atoms with van der Waals surface area (Å²) < 4.78 is 13.6. The van der Waals surface area contributed by atoms with Crippen LogP contribution >= 0.6 is 0 Å². The second-order valence-corrected chi connectivity index (χ2v) is 6.18. The number of amides is 2. The fourth-order valence-corrected chi connectivity index (χ4v) is 3.26. The lowest BCUT2D eigenvalue weighted by Crippen LogP contribution is -2.38. The van der Waals surface area contributed by atoms with Gasteiger partial charge in [-0.3, -0.25) is 10.1 Å². The first kappa shape index (κ1) is 16.1. The molecule has 0 aliphatic carbocycles. The third kappa shape index (κ3) is 2.85. The van der Waals surface area contributed by atoms with E-state index in [1.807, 2.05) is 0 Å². The average Bonchev–Trinajstić information content (AvgIpc) is 2.99. The Labute approximate surface area is 147 Å². The molecule has 26 heavy (non-hydrogen) atoms. The van der Waals surface area contributed by atoms with E-state index in [9.17, 15) is 19.3 Å². The SMILES string of the molecule is O=C(Nc1cccc([N+](=O)[O-])c1)N1CCc2[nH]c3ccc(F)cc3c2C1. The van der Waals surface area contributed by atoms with Crippen molar-refractivity contribution in [3.63, 3.8) is 0 Å². The van der Waals surface area contributed by atoms with Gasteiger partial charge in [0.05, 0.1) is 4.92 Å². The Balaban J connectivity index is 1.56. The number of carbonyl (C=O) groups excluding carboxylic acids is 1. The molecule has 2 heterocycles. The second kappa shape index (κ2) is 6.14. The fraction of sp³-hybridized carbons (Fsp3) is 0.167. The van der Waals surface area contributed by atoms with Gasteiger partial charge in [-0.25, -0.2) is 9.18 Å². The first-order chi connectivity index (χ1) is 12.5. The highest BCUT2D eigenvalue weighted by atomic mass is 19.1. The molecule has 1 aliphatic rings. The molecule has 1 aliphatic heterocycles. The van der Waals surface area contributed by atoms with E-state index in [1.165, 1.54) is 30.3 Å². The standard InChI is InChI=1S/C18H15FN4O3/c19-11-4-5-16-14(8-11)15-10-22(7-6-17(15)21-16)18(24)20-12-2-1-3-13(9-12)23(25)26/h1-5,8-9,21H,6-7,10H2,(H,20,24). The van der Waals surface area contributed by atoms with Crippen LogP contribution in [-0.4, -0.2) is 27.4 Å². The van der Waals surface area contributed by atoms with Crippen molar-refractivity contribution in [2.24, 2.45) is 0 Å². The molecule has 1 aromatic heterocycles. The average molecular weight is 354 g/mol. The molecular weight excluding hydrogens is 339 g/mol. The number of fused-ring (bicyclic) bond motifs is 3. The van der Waals surface area contributed by atoms with Crippen LogP contribution in [0, 0.1) is 15.9 Å². The predicted molar refractivity (Wildman–Crippen MR) is 94.5 cm³/mol. The molecule has 2 aromatic carbocycles. The third-order valence-corrected chi connectivity index (χ3v) is 4.53. The summed E-state index contributed by atoms with van der Waals surface area (Å²) in [5, 5.41) is 14.3. The highest BCUT2D eigenvalue weighted by Gasteiger charge is 2.24. The smallest absolute Gasteiger partial charge is 0.322 e. The van der Waals surface area contributed by atoms with Gasteiger partial charge in [0.1, 0.15) is 5.82 Å².